The molecule has 1 heteroatoms. The van der Waals surface area contributed by atoms with Crippen molar-refractivity contribution in [2.24, 2.45) is 0 Å². The lowest BCUT2D eigenvalue weighted by atomic mass is 10.3. The first-order chi connectivity index (χ1) is 2.81. The van der Waals surface area contributed by atoms with Crippen molar-refractivity contribution in [3.8, 4) is 0 Å². The van der Waals surface area contributed by atoms with Crippen LogP contribution in [0.15, 0.2) is 5.57 Å². The molecule has 35 valence electrons. The van der Waals surface area contributed by atoms with Crippen LogP contribution in [0.25, 0.3) is 0 Å². The first-order valence-corrected chi connectivity index (χ1v) is 2.03. The molecule has 0 aliphatic rings. The van der Waals surface area contributed by atoms with E-state index in [4.69, 9.17) is 5.11 Å². The second-order valence-electron chi connectivity index (χ2n) is 1.25. The van der Waals surface area contributed by atoms with Crippen LogP contribution in [-0.4, -0.2) is 5.11 Å². The second-order valence-corrected chi connectivity index (χ2v) is 1.25. The molecule has 0 spiro atoms. The molecule has 0 aromatic heterocycles. The third-order valence-electron chi connectivity index (χ3n) is 0.721. The average Bonchev–Trinajstić information content (AvgIpc) is 1.65. The number of rotatable bonds is 1. The van der Waals surface area contributed by atoms with Gasteiger partial charge in [0.15, 0.2) is 6.26 Å². The molecule has 1 N–H and O–H groups in total. The highest BCUT2D eigenvalue weighted by Gasteiger charge is 1.76. The number of hydrogen-bond acceptors (Lipinski definition) is 1. The van der Waals surface area contributed by atoms with Crippen LogP contribution in [0.1, 0.15) is 20.3 Å². The summed E-state index contributed by atoms with van der Waals surface area (Å²) < 4.78 is 0. The van der Waals surface area contributed by atoms with Crippen LogP contribution >= 0.6 is 0 Å². The van der Waals surface area contributed by atoms with Gasteiger partial charge in [-0.05, 0) is 18.9 Å². The van der Waals surface area contributed by atoms with Gasteiger partial charge in [0, 0.05) is 0 Å². The lowest BCUT2D eigenvalue weighted by molar-refractivity contribution is 0.433. The highest BCUT2D eigenvalue weighted by atomic mass is 16.2. The van der Waals surface area contributed by atoms with Gasteiger partial charge in [-0.3, -0.25) is 0 Å². The zero-order valence-electron chi connectivity index (χ0n) is 4.15. The van der Waals surface area contributed by atoms with Crippen LogP contribution in [-0.2, 0) is 0 Å². The van der Waals surface area contributed by atoms with Gasteiger partial charge in [-0.15, -0.1) is 0 Å². The Bertz CT molecular complexity index is 55.0. The fraction of sp³-hybridized carbons (Fsp3) is 0.600. The zero-order chi connectivity index (χ0) is 4.99. The number of aliphatic hydroxyl groups excluding tert-OH is 1. The number of hydrogen-bond donors (Lipinski definition) is 1. The summed E-state index contributed by atoms with van der Waals surface area (Å²) in [6.07, 6.45) is 2.92. The summed E-state index contributed by atoms with van der Waals surface area (Å²) in [5.41, 5.74) is 0.898. The summed E-state index contributed by atoms with van der Waals surface area (Å²) in [7, 11) is 0. The van der Waals surface area contributed by atoms with Gasteiger partial charge in [0.05, 0.1) is 0 Å². The van der Waals surface area contributed by atoms with Crippen LogP contribution in [0.4, 0.5) is 0 Å². The lowest BCUT2D eigenvalue weighted by Crippen LogP contribution is -1.67. The van der Waals surface area contributed by atoms with E-state index in [0.717, 1.165) is 12.0 Å². The summed E-state index contributed by atoms with van der Waals surface area (Å²) in [5.74, 6) is 0. The monoisotopic (exact) mass is 85.1 g/mol. The maximum Gasteiger partial charge on any atom is 0.156 e. The van der Waals surface area contributed by atoms with E-state index in [2.05, 4.69) is 0 Å². The first kappa shape index (κ1) is 5.54. The molecule has 1 radical (unpaired) electrons. The number of aliphatic hydroxyl groups is 1. The largest absolute Gasteiger partial charge is 0.504 e. The van der Waals surface area contributed by atoms with Gasteiger partial charge < -0.3 is 5.11 Å². The van der Waals surface area contributed by atoms with Crippen molar-refractivity contribution in [3.05, 3.63) is 11.8 Å². The van der Waals surface area contributed by atoms with Crippen molar-refractivity contribution >= 4 is 0 Å². The summed E-state index contributed by atoms with van der Waals surface area (Å²) >= 11 is 0. The van der Waals surface area contributed by atoms with E-state index in [1.807, 2.05) is 20.1 Å². The maximum absolute atomic E-state index is 8.05. The van der Waals surface area contributed by atoms with Crippen molar-refractivity contribution in [2.75, 3.05) is 0 Å². The molecule has 0 fully saturated rings. The minimum atomic E-state index is 0.885. The number of allylic oxidation sites excluding steroid dienone is 1. The van der Waals surface area contributed by atoms with Gasteiger partial charge in [0.1, 0.15) is 0 Å². The molecule has 0 aromatic carbocycles. The molecule has 0 saturated heterocycles. The van der Waals surface area contributed by atoms with Crippen molar-refractivity contribution < 1.29 is 5.11 Å². The lowest BCUT2D eigenvalue weighted by Gasteiger charge is -1.82. The molecular weight excluding hydrogens is 76.1 g/mol. The SMILES string of the molecule is CC/C(C)=[C]/O. The summed E-state index contributed by atoms with van der Waals surface area (Å²) in [6.45, 7) is 3.80. The van der Waals surface area contributed by atoms with Crippen molar-refractivity contribution in [1.82, 2.24) is 0 Å². The topological polar surface area (TPSA) is 20.2 Å². The van der Waals surface area contributed by atoms with Crippen LogP contribution in [0, 0.1) is 6.26 Å². The third kappa shape index (κ3) is 1.82. The Kier molecular flexibility index (Phi) is 2.55. The van der Waals surface area contributed by atoms with Gasteiger partial charge >= 0.3 is 0 Å². The van der Waals surface area contributed by atoms with E-state index < -0.39 is 0 Å². The van der Waals surface area contributed by atoms with Crippen molar-refractivity contribution in [3.63, 3.8) is 0 Å². The average molecular weight is 85.1 g/mol. The van der Waals surface area contributed by atoms with Gasteiger partial charge in [-0.2, -0.15) is 0 Å². The molecule has 6 heavy (non-hydrogen) atoms. The van der Waals surface area contributed by atoms with Gasteiger partial charge in [-0.25, -0.2) is 0 Å². The van der Waals surface area contributed by atoms with Gasteiger partial charge in [0.2, 0.25) is 0 Å². The highest BCUT2D eigenvalue weighted by molar-refractivity contribution is 4.84. The molecule has 1 nitrogen and oxygen atoms in total. The third-order valence-corrected chi connectivity index (χ3v) is 0.721. The van der Waals surface area contributed by atoms with E-state index in [1.165, 1.54) is 0 Å². The molecule has 0 rings (SSSR count). The fourth-order valence-electron chi connectivity index (χ4n) is 0.0791. The van der Waals surface area contributed by atoms with Gasteiger partial charge in [-0.1, -0.05) is 6.92 Å². The standard InChI is InChI=1S/C5H9O/c1-3-5(2)4-6/h6H,3H2,1-2H3. The Morgan fingerprint density at radius 2 is 2.33 bits per heavy atom. The molecule has 0 heterocycles. The molecule has 0 bridgehead atoms. The van der Waals surface area contributed by atoms with Crippen molar-refractivity contribution in [2.45, 2.75) is 20.3 Å². The highest BCUT2D eigenvalue weighted by Crippen LogP contribution is 1.92. The molecule has 0 aromatic rings. The van der Waals surface area contributed by atoms with E-state index in [1.54, 1.807) is 0 Å². The van der Waals surface area contributed by atoms with E-state index in [9.17, 15) is 0 Å². The maximum atomic E-state index is 8.05. The second kappa shape index (κ2) is 2.76. The summed E-state index contributed by atoms with van der Waals surface area (Å²) in [6, 6.07) is 0. The molecule has 0 atom stereocenters. The molecule has 0 unspecified atom stereocenters. The first-order valence-electron chi connectivity index (χ1n) is 2.03. The van der Waals surface area contributed by atoms with E-state index in [-0.39, 0.29) is 0 Å². The molecule has 0 aliphatic carbocycles. The summed E-state index contributed by atoms with van der Waals surface area (Å²) in [5, 5.41) is 8.05. The van der Waals surface area contributed by atoms with Crippen LogP contribution in [0.5, 0.6) is 0 Å². The summed E-state index contributed by atoms with van der Waals surface area (Å²) in [4.78, 5) is 0. The Hall–Kier alpha value is -0.460. The predicted molar refractivity (Wildman–Crippen MR) is 25.3 cm³/mol. The molecular formula is C5H9O. The van der Waals surface area contributed by atoms with E-state index in [0.29, 0.717) is 0 Å². The van der Waals surface area contributed by atoms with Crippen LogP contribution in [0.2, 0.25) is 0 Å². The van der Waals surface area contributed by atoms with Gasteiger partial charge in [0.25, 0.3) is 0 Å². The Morgan fingerprint density at radius 3 is 2.33 bits per heavy atom. The predicted octanol–water partition coefficient (Wildman–Crippen LogP) is 1.66. The quantitative estimate of drug-likeness (QED) is 0.480. The van der Waals surface area contributed by atoms with Crippen LogP contribution < -0.4 is 0 Å². The normalized spacial score (nSPS) is 12.0. The Labute approximate surface area is 38.3 Å². The fourth-order valence-corrected chi connectivity index (χ4v) is 0.0791. The molecule has 0 amide bonds. The Morgan fingerprint density at radius 1 is 1.83 bits per heavy atom. The van der Waals surface area contributed by atoms with Crippen LogP contribution in [0.3, 0.4) is 0 Å². The van der Waals surface area contributed by atoms with Crippen molar-refractivity contribution in [1.29, 1.82) is 0 Å². The smallest absolute Gasteiger partial charge is 0.156 e. The molecule has 0 aliphatic heterocycles. The van der Waals surface area contributed by atoms with E-state index >= 15 is 0 Å². The Balaban J connectivity index is 3.22. The minimum Gasteiger partial charge on any atom is -0.504 e. The zero-order valence-corrected chi connectivity index (χ0v) is 4.15. The molecule has 0 saturated carbocycles. The minimum absolute atomic E-state index is 0.885.